The van der Waals surface area contributed by atoms with E-state index >= 15 is 0 Å². The zero-order valence-electron chi connectivity index (χ0n) is 10.2. The van der Waals surface area contributed by atoms with Crippen LogP contribution in [-0.4, -0.2) is 29.2 Å². The van der Waals surface area contributed by atoms with Gasteiger partial charge in [0.15, 0.2) is 0 Å². The molecule has 0 bridgehead atoms. The number of hydrogen-bond donors (Lipinski definition) is 3. The molecule has 1 aliphatic heterocycles. The molecule has 2 heterocycles. The van der Waals surface area contributed by atoms with Gasteiger partial charge in [-0.1, -0.05) is 0 Å². The molecular formula is C11H19N5O. The number of nitrogens with two attached hydrogens (primary N) is 1. The van der Waals surface area contributed by atoms with Crippen molar-refractivity contribution in [2.24, 2.45) is 11.8 Å². The van der Waals surface area contributed by atoms with Crippen molar-refractivity contribution < 1.29 is 4.74 Å². The second-order valence-electron chi connectivity index (χ2n) is 4.43. The molecule has 1 aromatic heterocycles. The van der Waals surface area contributed by atoms with E-state index in [2.05, 4.69) is 27.6 Å². The molecule has 1 aliphatic rings. The maximum absolute atomic E-state index is 5.39. The monoisotopic (exact) mass is 237 g/mol. The summed E-state index contributed by atoms with van der Waals surface area (Å²) in [5, 5.41) is 3.40. The van der Waals surface area contributed by atoms with Crippen molar-refractivity contribution in [3.05, 3.63) is 11.8 Å². The van der Waals surface area contributed by atoms with E-state index in [1.165, 1.54) is 0 Å². The number of hydrogen-bond acceptors (Lipinski definition) is 6. The minimum atomic E-state index is 0.330. The van der Waals surface area contributed by atoms with Crippen LogP contribution in [0.15, 0.2) is 6.20 Å². The molecule has 4 N–H and O–H groups in total. The number of ether oxygens (including phenoxy) is 1. The number of aromatic nitrogens is 2. The molecule has 1 fully saturated rings. The summed E-state index contributed by atoms with van der Waals surface area (Å²) in [7, 11) is 0. The first-order valence-electron chi connectivity index (χ1n) is 5.85. The van der Waals surface area contributed by atoms with Gasteiger partial charge in [-0.25, -0.2) is 10.8 Å². The van der Waals surface area contributed by atoms with Gasteiger partial charge in [-0.2, -0.15) is 4.98 Å². The van der Waals surface area contributed by atoms with Crippen LogP contribution in [0.2, 0.25) is 0 Å². The van der Waals surface area contributed by atoms with Crippen LogP contribution in [0.5, 0.6) is 0 Å². The predicted molar refractivity (Wildman–Crippen MR) is 66.6 cm³/mol. The highest BCUT2D eigenvalue weighted by Crippen LogP contribution is 2.21. The highest BCUT2D eigenvalue weighted by atomic mass is 16.5. The highest BCUT2D eigenvalue weighted by molar-refractivity contribution is 5.46. The van der Waals surface area contributed by atoms with Gasteiger partial charge in [-0.3, -0.25) is 5.43 Å². The van der Waals surface area contributed by atoms with Crippen molar-refractivity contribution >= 4 is 11.8 Å². The lowest BCUT2D eigenvalue weighted by Crippen LogP contribution is -2.27. The first-order chi connectivity index (χ1) is 8.20. The Morgan fingerprint density at radius 1 is 1.59 bits per heavy atom. The summed E-state index contributed by atoms with van der Waals surface area (Å²) in [6.07, 6.45) is 2.85. The van der Waals surface area contributed by atoms with Crippen molar-refractivity contribution in [2.45, 2.75) is 26.3 Å². The van der Waals surface area contributed by atoms with Crippen LogP contribution in [0.25, 0.3) is 0 Å². The zero-order chi connectivity index (χ0) is 12.3. The largest absolute Gasteiger partial charge is 0.381 e. The standard InChI is InChI=1S/C11H19N5O/c1-7-5-13-11(16-12)15-10(7)14-8(2)9-3-4-17-6-9/h5,8-9H,3-4,6,12H2,1-2H3,(H2,13,14,15,16). The van der Waals surface area contributed by atoms with Gasteiger partial charge in [0.2, 0.25) is 5.95 Å². The molecule has 94 valence electrons. The minimum absolute atomic E-state index is 0.330. The number of nitrogen functional groups attached to an aromatic ring is 1. The molecule has 2 unspecified atom stereocenters. The molecular weight excluding hydrogens is 218 g/mol. The number of anilines is 2. The van der Waals surface area contributed by atoms with E-state index in [-0.39, 0.29) is 0 Å². The van der Waals surface area contributed by atoms with E-state index in [4.69, 9.17) is 10.6 Å². The van der Waals surface area contributed by atoms with Gasteiger partial charge < -0.3 is 10.1 Å². The summed E-state index contributed by atoms with van der Waals surface area (Å²) < 4.78 is 5.39. The van der Waals surface area contributed by atoms with Gasteiger partial charge in [0, 0.05) is 30.3 Å². The molecule has 0 spiro atoms. The number of nitrogens with one attached hydrogen (secondary N) is 2. The Hall–Kier alpha value is -1.40. The molecule has 2 rings (SSSR count). The fraction of sp³-hybridized carbons (Fsp3) is 0.636. The van der Waals surface area contributed by atoms with Gasteiger partial charge in [-0.05, 0) is 20.3 Å². The van der Waals surface area contributed by atoms with Crippen LogP contribution < -0.4 is 16.6 Å². The van der Waals surface area contributed by atoms with Crippen molar-refractivity contribution in [3.8, 4) is 0 Å². The number of aryl methyl sites for hydroxylation is 1. The van der Waals surface area contributed by atoms with Crippen molar-refractivity contribution in [1.82, 2.24) is 9.97 Å². The third kappa shape index (κ3) is 2.83. The van der Waals surface area contributed by atoms with Crippen LogP contribution in [0.1, 0.15) is 18.9 Å². The van der Waals surface area contributed by atoms with E-state index in [9.17, 15) is 0 Å². The average Bonchev–Trinajstić information content (AvgIpc) is 2.85. The molecule has 6 nitrogen and oxygen atoms in total. The first kappa shape index (κ1) is 12.1. The van der Waals surface area contributed by atoms with Crippen LogP contribution in [0.4, 0.5) is 11.8 Å². The molecule has 0 aliphatic carbocycles. The third-order valence-electron chi connectivity index (χ3n) is 3.14. The first-order valence-corrected chi connectivity index (χ1v) is 5.85. The fourth-order valence-electron chi connectivity index (χ4n) is 1.94. The van der Waals surface area contributed by atoms with Gasteiger partial charge in [0.25, 0.3) is 0 Å². The van der Waals surface area contributed by atoms with E-state index in [0.29, 0.717) is 17.9 Å². The van der Waals surface area contributed by atoms with Crippen molar-refractivity contribution in [2.75, 3.05) is 24.0 Å². The minimum Gasteiger partial charge on any atom is -0.381 e. The Kier molecular flexibility index (Phi) is 3.75. The van der Waals surface area contributed by atoms with Gasteiger partial charge in [-0.15, -0.1) is 0 Å². The maximum atomic E-state index is 5.39. The second kappa shape index (κ2) is 5.29. The summed E-state index contributed by atoms with van der Waals surface area (Å²) in [5.74, 6) is 7.09. The number of rotatable bonds is 4. The number of nitrogens with zero attached hydrogens (tertiary/aromatic N) is 2. The quantitative estimate of drug-likeness (QED) is 0.533. The Morgan fingerprint density at radius 2 is 2.41 bits per heavy atom. The Bertz CT molecular complexity index is 378. The highest BCUT2D eigenvalue weighted by Gasteiger charge is 2.22. The fourth-order valence-corrected chi connectivity index (χ4v) is 1.94. The van der Waals surface area contributed by atoms with Gasteiger partial charge >= 0.3 is 0 Å². The van der Waals surface area contributed by atoms with Crippen molar-refractivity contribution in [1.29, 1.82) is 0 Å². The summed E-state index contributed by atoms with van der Waals surface area (Å²) in [6.45, 7) is 5.80. The Morgan fingerprint density at radius 3 is 3.06 bits per heavy atom. The molecule has 1 aromatic rings. The molecule has 6 heteroatoms. The van der Waals surface area contributed by atoms with Crippen molar-refractivity contribution in [3.63, 3.8) is 0 Å². The lowest BCUT2D eigenvalue weighted by molar-refractivity contribution is 0.183. The second-order valence-corrected chi connectivity index (χ2v) is 4.43. The molecule has 0 radical (unpaired) electrons. The van der Waals surface area contributed by atoms with Crippen LogP contribution >= 0.6 is 0 Å². The molecule has 2 atom stereocenters. The lowest BCUT2D eigenvalue weighted by Gasteiger charge is -2.21. The van der Waals surface area contributed by atoms with E-state index < -0.39 is 0 Å². The summed E-state index contributed by atoms with van der Waals surface area (Å²) >= 11 is 0. The number of hydrazine groups is 1. The van der Waals surface area contributed by atoms with Crippen LogP contribution in [0, 0.1) is 12.8 Å². The lowest BCUT2D eigenvalue weighted by atomic mass is 10.0. The van der Waals surface area contributed by atoms with E-state index in [0.717, 1.165) is 31.0 Å². The van der Waals surface area contributed by atoms with Gasteiger partial charge in [0.1, 0.15) is 5.82 Å². The Balaban J connectivity index is 2.06. The van der Waals surface area contributed by atoms with Gasteiger partial charge in [0.05, 0.1) is 6.61 Å². The smallest absolute Gasteiger partial charge is 0.239 e. The SMILES string of the molecule is Cc1cnc(NN)nc1NC(C)C1CCOC1. The molecule has 0 aromatic carbocycles. The maximum Gasteiger partial charge on any atom is 0.239 e. The molecule has 17 heavy (non-hydrogen) atoms. The van der Waals surface area contributed by atoms with Crippen LogP contribution in [0.3, 0.4) is 0 Å². The van der Waals surface area contributed by atoms with E-state index in [1.54, 1.807) is 6.20 Å². The molecule has 0 amide bonds. The Labute approximate surface area is 101 Å². The third-order valence-corrected chi connectivity index (χ3v) is 3.14. The van der Waals surface area contributed by atoms with E-state index in [1.807, 2.05) is 6.92 Å². The zero-order valence-corrected chi connectivity index (χ0v) is 10.2. The average molecular weight is 237 g/mol. The molecule has 0 saturated carbocycles. The van der Waals surface area contributed by atoms with Crippen LogP contribution in [-0.2, 0) is 4.74 Å². The topological polar surface area (TPSA) is 85.1 Å². The summed E-state index contributed by atoms with van der Waals surface area (Å²) in [6, 6.07) is 0.330. The normalized spacial score (nSPS) is 21.2. The summed E-state index contributed by atoms with van der Waals surface area (Å²) in [4.78, 5) is 8.35. The predicted octanol–water partition coefficient (Wildman–Crippen LogP) is 0.908. The molecule has 1 saturated heterocycles. The summed E-state index contributed by atoms with van der Waals surface area (Å²) in [5.41, 5.74) is 3.46.